The van der Waals surface area contributed by atoms with Crippen molar-refractivity contribution in [3.8, 4) is 0 Å². The largest absolute Gasteiger partial charge is 0.179 e. The van der Waals surface area contributed by atoms with Gasteiger partial charge in [0, 0.05) is 0 Å². The standard InChI is InChI=1S/C11H17SSi/c1-13(2)11-8-4-3-6-10(11)7-5-9-12/h3-4,6,8,12H,5,7,9H2,1-2H3. The van der Waals surface area contributed by atoms with Gasteiger partial charge < -0.3 is 0 Å². The molecular weight excluding hydrogens is 192 g/mol. The molecular formula is C11H17SSi. The van der Waals surface area contributed by atoms with E-state index >= 15 is 0 Å². The van der Waals surface area contributed by atoms with Crippen molar-refractivity contribution in [3.05, 3.63) is 29.8 Å². The fourth-order valence-corrected chi connectivity index (χ4v) is 2.93. The van der Waals surface area contributed by atoms with Gasteiger partial charge in [-0.25, -0.2) is 0 Å². The van der Waals surface area contributed by atoms with Crippen molar-refractivity contribution in [2.45, 2.75) is 25.9 Å². The van der Waals surface area contributed by atoms with Gasteiger partial charge in [-0.15, -0.1) is 0 Å². The van der Waals surface area contributed by atoms with E-state index in [-0.39, 0.29) is 8.80 Å². The summed E-state index contributed by atoms with van der Waals surface area (Å²) in [6, 6.07) is 8.83. The molecule has 13 heavy (non-hydrogen) atoms. The van der Waals surface area contributed by atoms with Crippen LogP contribution in [0.25, 0.3) is 0 Å². The molecule has 0 N–H and O–H groups in total. The zero-order valence-electron chi connectivity index (χ0n) is 8.38. The lowest BCUT2D eigenvalue weighted by Crippen LogP contribution is -2.26. The molecule has 1 aromatic carbocycles. The first-order valence-corrected chi connectivity index (χ1v) is 7.88. The van der Waals surface area contributed by atoms with Crippen molar-refractivity contribution < 1.29 is 0 Å². The third-order valence-electron chi connectivity index (χ3n) is 2.16. The molecule has 0 aliphatic carbocycles. The van der Waals surface area contributed by atoms with E-state index in [2.05, 4.69) is 50.0 Å². The van der Waals surface area contributed by atoms with E-state index < -0.39 is 0 Å². The zero-order valence-corrected chi connectivity index (χ0v) is 10.3. The number of benzene rings is 1. The van der Waals surface area contributed by atoms with Crippen molar-refractivity contribution in [1.29, 1.82) is 0 Å². The van der Waals surface area contributed by atoms with E-state index in [9.17, 15) is 0 Å². The van der Waals surface area contributed by atoms with Crippen LogP contribution >= 0.6 is 12.6 Å². The van der Waals surface area contributed by atoms with Gasteiger partial charge in [0.25, 0.3) is 0 Å². The summed E-state index contributed by atoms with van der Waals surface area (Å²) < 4.78 is 0. The smallest absolute Gasteiger partial charge is 0.0795 e. The van der Waals surface area contributed by atoms with Crippen molar-refractivity contribution in [2.75, 3.05) is 5.75 Å². The molecule has 0 saturated carbocycles. The Kier molecular flexibility index (Phi) is 4.60. The Bertz CT molecular complexity index is 258. The lowest BCUT2D eigenvalue weighted by atomic mass is 10.1. The number of rotatable bonds is 4. The normalized spacial score (nSPS) is 10.8. The first kappa shape index (κ1) is 10.9. The maximum atomic E-state index is 4.25. The highest BCUT2D eigenvalue weighted by Crippen LogP contribution is 2.03. The van der Waals surface area contributed by atoms with Crippen LogP contribution in [0.3, 0.4) is 0 Å². The predicted molar refractivity (Wildman–Crippen MR) is 65.7 cm³/mol. The van der Waals surface area contributed by atoms with Crippen LogP contribution in [0.5, 0.6) is 0 Å². The molecule has 0 bridgehead atoms. The molecule has 0 aromatic heterocycles. The Labute approximate surface area is 88.4 Å². The van der Waals surface area contributed by atoms with Crippen LogP contribution in [-0.4, -0.2) is 14.5 Å². The average molecular weight is 209 g/mol. The van der Waals surface area contributed by atoms with Crippen molar-refractivity contribution >= 4 is 26.6 Å². The summed E-state index contributed by atoms with van der Waals surface area (Å²) in [4.78, 5) is 0. The van der Waals surface area contributed by atoms with Crippen molar-refractivity contribution in [2.24, 2.45) is 0 Å². The number of hydrogen-bond donors (Lipinski definition) is 1. The molecule has 0 nitrogen and oxygen atoms in total. The summed E-state index contributed by atoms with van der Waals surface area (Å²) in [5, 5.41) is 1.59. The predicted octanol–water partition coefficient (Wildman–Crippen LogP) is 2.51. The first-order chi connectivity index (χ1) is 6.25. The Morgan fingerprint density at radius 2 is 1.92 bits per heavy atom. The molecule has 0 atom stereocenters. The van der Waals surface area contributed by atoms with E-state index in [0.29, 0.717) is 0 Å². The van der Waals surface area contributed by atoms with E-state index in [1.54, 1.807) is 5.19 Å². The quantitative estimate of drug-likeness (QED) is 0.572. The molecule has 0 saturated heterocycles. The van der Waals surface area contributed by atoms with E-state index in [4.69, 9.17) is 0 Å². The fourth-order valence-electron chi connectivity index (χ4n) is 1.50. The summed E-state index contributed by atoms with van der Waals surface area (Å²) >= 11 is 4.25. The molecule has 2 heteroatoms. The highest BCUT2D eigenvalue weighted by Gasteiger charge is 2.05. The average Bonchev–Trinajstić information content (AvgIpc) is 2.15. The number of thiol groups is 1. The minimum atomic E-state index is -0.297. The van der Waals surface area contributed by atoms with Crippen molar-refractivity contribution in [1.82, 2.24) is 0 Å². The van der Waals surface area contributed by atoms with Crippen LogP contribution in [-0.2, 0) is 6.42 Å². The molecule has 0 aliphatic heterocycles. The van der Waals surface area contributed by atoms with Gasteiger partial charge in [0.15, 0.2) is 0 Å². The van der Waals surface area contributed by atoms with Crippen molar-refractivity contribution in [3.63, 3.8) is 0 Å². The zero-order chi connectivity index (χ0) is 9.68. The van der Waals surface area contributed by atoms with E-state index in [0.717, 1.165) is 5.75 Å². The topological polar surface area (TPSA) is 0 Å². The molecule has 1 aromatic rings. The Hall–Kier alpha value is -0.213. The highest BCUT2D eigenvalue weighted by atomic mass is 32.1. The van der Waals surface area contributed by atoms with Gasteiger partial charge in [0.1, 0.15) is 0 Å². The molecule has 0 unspecified atom stereocenters. The molecule has 1 radical (unpaired) electrons. The second-order valence-electron chi connectivity index (χ2n) is 3.48. The first-order valence-electron chi connectivity index (χ1n) is 4.75. The minimum absolute atomic E-state index is 0.297. The minimum Gasteiger partial charge on any atom is -0.179 e. The van der Waals surface area contributed by atoms with Gasteiger partial charge in [-0.2, -0.15) is 12.6 Å². The van der Waals surface area contributed by atoms with Gasteiger partial charge in [-0.05, 0) is 24.2 Å². The number of hydrogen-bond acceptors (Lipinski definition) is 1. The highest BCUT2D eigenvalue weighted by molar-refractivity contribution is 7.80. The molecule has 0 fully saturated rings. The Morgan fingerprint density at radius 1 is 1.23 bits per heavy atom. The third kappa shape index (κ3) is 3.20. The molecule has 0 heterocycles. The summed E-state index contributed by atoms with van der Waals surface area (Å²) in [6.45, 7) is 4.70. The second kappa shape index (κ2) is 5.50. The van der Waals surface area contributed by atoms with Crippen LogP contribution in [0.1, 0.15) is 12.0 Å². The molecule has 71 valence electrons. The van der Waals surface area contributed by atoms with Crippen LogP contribution in [0, 0.1) is 0 Å². The second-order valence-corrected chi connectivity index (χ2v) is 6.47. The molecule has 0 aliphatic rings. The summed E-state index contributed by atoms with van der Waals surface area (Å²) in [5.41, 5.74) is 1.54. The van der Waals surface area contributed by atoms with Crippen LogP contribution in [0.15, 0.2) is 24.3 Å². The molecule has 1 rings (SSSR count). The lowest BCUT2D eigenvalue weighted by Gasteiger charge is -2.10. The lowest BCUT2D eigenvalue weighted by molar-refractivity contribution is 0.941. The summed E-state index contributed by atoms with van der Waals surface area (Å²) in [6.07, 6.45) is 2.38. The molecule has 0 amide bonds. The maximum absolute atomic E-state index is 4.25. The summed E-state index contributed by atoms with van der Waals surface area (Å²) in [7, 11) is -0.297. The number of aryl methyl sites for hydroxylation is 1. The van der Waals surface area contributed by atoms with Gasteiger partial charge in [-0.1, -0.05) is 42.5 Å². The van der Waals surface area contributed by atoms with Crippen LogP contribution in [0.2, 0.25) is 13.1 Å². The van der Waals surface area contributed by atoms with E-state index in [1.165, 1.54) is 18.4 Å². The fraction of sp³-hybridized carbons (Fsp3) is 0.455. The third-order valence-corrected chi connectivity index (χ3v) is 4.04. The molecule has 0 spiro atoms. The van der Waals surface area contributed by atoms with Crippen LogP contribution in [0.4, 0.5) is 0 Å². The monoisotopic (exact) mass is 209 g/mol. The van der Waals surface area contributed by atoms with Crippen LogP contribution < -0.4 is 5.19 Å². The maximum Gasteiger partial charge on any atom is 0.0795 e. The summed E-state index contributed by atoms with van der Waals surface area (Å²) in [5.74, 6) is 0.990. The van der Waals surface area contributed by atoms with Gasteiger partial charge in [-0.3, -0.25) is 0 Å². The van der Waals surface area contributed by atoms with Gasteiger partial charge >= 0.3 is 0 Å². The Morgan fingerprint density at radius 3 is 2.54 bits per heavy atom. The SMILES string of the molecule is C[Si](C)c1ccccc1CCCS. The Balaban J connectivity index is 2.78. The van der Waals surface area contributed by atoms with Gasteiger partial charge in [0.05, 0.1) is 8.80 Å². The van der Waals surface area contributed by atoms with E-state index in [1.807, 2.05) is 0 Å². The van der Waals surface area contributed by atoms with Gasteiger partial charge in [0.2, 0.25) is 0 Å².